The molecule has 0 saturated carbocycles. The van der Waals surface area contributed by atoms with Crippen molar-refractivity contribution in [2.24, 2.45) is 17.4 Å². The molecule has 17 heteroatoms. The minimum Gasteiger partial charge on any atom is -0.460 e. The largest absolute Gasteiger partial charge is 0.460 e. The Bertz CT molecular complexity index is 1810. The number of carbonyl (C=O) groups excluding carboxylic acids is 7. The van der Waals surface area contributed by atoms with E-state index in [0.29, 0.717) is 19.3 Å². The average molecular weight is 932 g/mol. The molecule has 1 aromatic rings. The molecule has 1 fully saturated rings. The number of ether oxygens (including phenoxy) is 2. The standard InChI is InChI=1S/C48H81N7O9S/c1-29(2)26-33(49)42(61)55-38(47(12,13)65-48(55,14)15)41(60)54-35(27-30-19-21-31(22-20-30)44(3,4)5)40(59)52-32(23-24-37(57)63-45(6,7)8)28-36(56)53-34(39(50)58)18-16-17-25-51-43(62)64-46(9,10)11/h19-22,29,32-35,38H,16-18,23-28,49H2,1-15H3,(H2,50,58)(H,51,62)(H,52,59)(H,53,56)(H,54,60)/t32-,33+,34+,35-,38?/m0/s1. The van der Waals surface area contributed by atoms with Gasteiger partial charge < -0.3 is 47.1 Å². The van der Waals surface area contributed by atoms with E-state index in [1.807, 2.05) is 65.8 Å². The molecular weight excluding hydrogens is 851 g/mol. The van der Waals surface area contributed by atoms with Crippen LogP contribution in [0.4, 0.5) is 4.79 Å². The van der Waals surface area contributed by atoms with Gasteiger partial charge in [0.25, 0.3) is 0 Å². The first-order chi connectivity index (χ1) is 29.6. The van der Waals surface area contributed by atoms with Crippen LogP contribution in [-0.4, -0.2) is 104 Å². The summed E-state index contributed by atoms with van der Waals surface area (Å²) in [5.74, 6) is -3.30. The van der Waals surface area contributed by atoms with Crippen LogP contribution < -0.4 is 32.7 Å². The fourth-order valence-corrected chi connectivity index (χ4v) is 9.68. The molecule has 0 bridgehead atoms. The second-order valence-electron chi connectivity index (χ2n) is 21.7. The van der Waals surface area contributed by atoms with Crippen LogP contribution in [0.15, 0.2) is 24.3 Å². The molecule has 8 N–H and O–H groups in total. The van der Waals surface area contributed by atoms with Gasteiger partial charge in [-0.3, -0.25) is 28.8 Å². The van der Waals surface area contributed by atoms with E-state index in [0.717, 1.165) is 11.1 Å². The third kappa shape index (κ3) is 19.6. The number of amides is 6. The molecule has 0 aromatic heterocycles. The monoisotopic (exact) mass is 932 g/mol. The van der Waals surface area contributed by atoms with E-state index in [1.54, 1.807) is 46.4 Å². The van der Waals surface area contributed by atoms with Gasteiger partial charge in [0.1, 0.15) is 29.3 Å². The van der Waals surface area contributed by atoms with Crippen LogP contribution >= 0.6 is 11.8 Å². The van der Waals surface area contributed by atoms with Crippen LogP contribution in [0, 0.1) is 5.92 Å². The van der Waals surface area contributed by atoms with Crippen molar-refractivity contribution < 1.29 is 43.0 Å². The summed E-state index contributed by atoms with van der Waals surface area (Å²) < 4.78 is 9.99. The summed E-state index contributed by atoms with van der Waals surface area (Å²) in [6, 6.07) is 2.72. The minimum atomic E-state index is -1.19. The van der Waals surface area contributed by atoms with Crippen LogP contribution in [-0.2, 0) is 50.1 Å². The number of hydrogen-bond donors (Lipinski definition) is 6. The Labute approximate surface area is 392 Å². The van der Waals surface area contributed by atoms with Crippen molar-refractivity contribution >= 4 is 53.4 Å². The topological polar surface area (TPSA) is 241 Å². The quantitative estimate of drug-likeness (QED) is 0.0664. The number of thioether (sulfide) groups is 1. The highest BCUT2D eigenvalue weighted by atomic mass is 32.2. The van der Waals surface area contributed by atoms with Crippen LogP contribution in [0.2, 0.25) is 0 Å². The van der Waals surface area contributed by atoms with Gasteiger partial charge in [-0.1, -0.05) is 58.9 Å². The zero-order valence-electron chi connectivity index (χ0n) is 41.8. The van der Waals surface area contributed by atoms with Crippen LogP contribution in [0.3, 0.4) is 0 Å². The SMILES string of the molecule is CC(C)C[C@@H](N)C(=O)N1C(C(=O)N[C@@H](Cc2ccc(C(C)(C)C)cc2)C(=O)N[C@@H](CCC(=O)OC(C)(C)C)CC(=O)N[C@H](CCCCNC(=O)OC(C)(C)C)C(N)=O)C(C)(C)SC1(C)C. The van der Waals surface area contributed by atoms with E-state index >= 15 is 0 Å². The zero-order chi connectivity index (χ0) is 49.9. The van der Waals surface area contributed by atoms with E-state index in [-0.39, 0.29) is 55.9 Å². The number of alkyl carbamates (subject to hydrolysis) is 1. The first kappa shape index (κ1) is 56.7. The van der Waals surface area contributed by atoms with Gasteiger partial charge in [0, 0.05) is 36.6 Å². The Kier molecular flexibility index (Phi) is 20.4. The maximum Gasteiger partial charge on any atom is 0.407 e. The summed E-state index contributed by atoms with van der Waals surface area (Å²) >= 11 is 1.47. The fraction of sp³-hybridized carbons (Fsp3) is 0.729. The van der Waals surface area contributed by atoms with E-state index in [9.17, 15) is 33.6 Å². The number of nitrogens with one attached hydrogen (secondary N) is 4. The molecule has 1 heterocycles. The van der Waals surface area contributed by atoms with Gasteiger partial charge in [0.2, 0.25) is 29.5 Å². The van der Waals surface area contributed by atoms with E-state index in [1.165, 1.54) is 11.8 Å². The van der Waals surface area contributed by atoms with E-state index < -0.39 is 86.7 Å². The third-order valence-corrected chi connectivity index (χ3v) is 12.0. The van der Waals surface area contributed by atoms with Crippen LogP contribution in [0.5, 0.6) is 0 Å². The lowest BCUT2D eigenvalue weighted by atomic mass is 9.86. The fourth-order valence-electron chi connectivity index (χ4n) is 7.77. The maximum atomic E-state index is 14.7. The smallest absolute Gasteiger partial charge is 0.407 e. The Balaban J connectivity index is 2.45. The zero-order valence-corrected chi connectivity index (χ0v) is 42.6. The third-order valence-electron chi connectivity index (χ3n) is 10.6. The summed E-state index contributed by atoms with van der Waals surface area (Å²) in [4.78, 5) is 95.1. The Hall–Kier alpha value is -4.38. The number of benzene rings is 1. The predicted molar refractivity (Wildman–Crippen MR) is 255 cm³/mol. The molecule has 1 aliphatic heterocycles. The molecule has 0 spiro atoms. The molecule has 0 radical (unpaired) electrons. The van der Waals surface area contributed by atoms with E-state index in [4.69, 9.17) is 20.9 Å². The van der Waals surface area contributed by atoms with Gasteiger partial charge in [-0.2, -0.15) is 0 Å². The van der Waals surface area contributed by atoms with Gasteiger partial charge in [-0.05, 0) is 124 Å². The van der Waals surface area contributed by atoms with Crippen molar-refractivity contribution in [1.82, 2.24) is 26.2 Å². The summed E-state index contributed by atoms with van der Waals surface area (Å²) in [7, 11) is 0. The highest BCUT2D eigenvalue weighted by Gasteiger charge is 2.57. The lowest BCUT2D eigenvalue weighted by Crippen LogP contribution is -2.62. The molecular formula is C48H81N7O9S. The van der Waals surface area contributed by atoms with Crippen molar-refractivity contribution in [1.29, 1.82) is 0 Å². The molecule has 16 nitrogen and oxygen atoms in total. The van der Waals surface area contributed by atoms with E-state index in [2.05, 4.69) is 42.0 Å². The number of primary amides is 1. The summed E-state index contributed by atoms with van der Waals surface area (Å²) in [5, 5.41) is 11.2. The van der Waals surface area contributed by atoms with Crippen LogP contribution in [0.1, 0.15) is 160 Å². The average Bonchev–Trinajstić information content (AvgIpc) is 3.33. The summed E-state index contributed by atoms with van der Waals surface area (Å²) in [6.45, 7) is 28.5. The Morgan fingerprint density at radius 3 is 1.91 bits per heavy atom. The number of rotatable bonds is 21. The molecule has 1 aliphatic rings. The molecule has 368 valence electrons. The maximum absolute atomic E-state index is 14.7. The first-order valence-corrected chi connectivity index (χ1v) is 23.7. The number of unbranched alkanes of at least 4 members (excludes halogenated alkanes) is 1. The number of carbonyl (C=O) groups is 7. The lowest BCUT2D eigenvalue weighted by Gasteiger charge is -2.37. The Morgan fingerprint density at radius 2 is 1.38 bits per heavy atom. The Morgan fingerprint density at radius 1 is 0.800 bits per heavy atom. The molecule has 1 saturated heterocycles. The number of nitrogens with two attached hydrogens (primary N) is 2. The van der Waals surface area contributed by atoms with Crippen molar-refractivity contribution in [3.05, 3.63) is 35.4 Å². The highest BCUT2D eigenvalue weighted by molar-refractivity contribution is 8.02. The van der Waals surface area contributed by atoms with Crippen molar-refractivity contribution in [3.8, 4) is 0 Å². The molecule has 2 rings (SSSR count). The number of esters is 1. The van der Waals surface area contributed by atoms with Crippen molar-refractivity contribution in [2.75, 3.05) is 6.54 Å². The second-order valence-corrected chi connectivity index (χ2v) is 23.9. The number of nitrogens with zero attached hydrogens (tertiary/aromatic N) is 1. The van der Waals surface area contributed by atoms with Gasteiger partial charge in [-0.15, -0.1) is 11.8 Å². The molecule has 1 aromatic carbocycles. The summed E-state index contributed by atoms with van der Waals surface area (Å²) in [6.07, 6.45) is 0.505. The molecule has 6 amide bonds. The number of hydrogen-bond acceptors (Lipinski definition) is 11. The predicted octanol–water partition coefficient (Wildman–Crippen LogP) is 5.51. The molecule has 1 unspecified atom stereocenters. The summed E-state index contributed by atoms with van der Waals surface area (Å²) in [5.41, 5.74) is 12.4. The van der Waals surface area contributed by atoms with Gasteiger partial charge in [0.05, 0.1) is 10.9 Å². The molecule has 65 heavy (non-hydrogen) atoms. The van der Waals surface area contributed by atoms with Crippen molar-refractivity contribution in [3.63, 3.8) is 0 Å². The van der Waals surface area contributed by atoms with Crippen LogP contribution in [0.25, 0.3) is 0 Å². The minimum absolute atomic E-state index is 0.0108. The van der Waals surface area contributed by atoms with Crippen molar-refractivity contribution in [2.45, 2.75) is 212 Å². The molecule has 5 atom stereocenters. The molecule has 0 aliphatic carbocycles. The highest BCUT2D eigenvalue weighted by Crippen LogP contribution is 2.51. The van der Waals surface area contributed by atoms with Gasteiger partial charge >= 0.3 is 12.1 Å². The first-order valence-electron chi connectivity index (χ1n) is 22.9. The second kappa shape index (κ2) is 23.4. The van der Waals surface area contributed by atoms with Gasteiger partial charge in [0.15, 0.2) is 0 Å². The normalized spacial score (nSPS) is 17.9. The van der Waals surface area contributed by atoms with Gasteiger partial charge in [-0.25, -0.2) is 4.79 Å². The lowest BCUT2D eigenvalue weighted by molar-refractivity contribution is -0.155.